The van der Waals surface area contributed by atoms with Crippen molar-refractivity contribution < 1.29 is 9.22 Å². The second-order valence-corrected chi connectivity index (χ2v) is 12.8. The van der Waals surface area contributed by atoms with Crippen molar-refractivity contribution in [3.05, 3.63) is 0 Å². The molecule has 0 radical (unpaired) electrons. The van der Waals surface area contributed by atoms with E-state index in [4.69, 9.17) is 4.43 Å². The number of nitrogens with one attached hydrogen (secondary N) is 1. The molecular formula is C16H33NO2Si. The van der Waals surface area contributed by atoms with E-state index in [9.17, 15) is 4.79 Å². The normalized spacial score (nSPS) is 24.6. The molecular weight excluding hydrogens is 266 g/mol. The Balaban J connectivity index is 2.74. The Bertz CT molecular complexity index is 307. The summed E-state index contributed by atoms with van der Waals surface area (Å²) in [6.07, 6.45) is 0.646. The van der Waals surface area contributed by atoms with Gasteiger partial charge >= 0.3 is 0 Å². The van der Waals surface area contributed by atoms with E-state index in [1.807, 2.05) is 0 Å². The van der Waals surface area contributed by atoms with E-state index in [0.29, 0.717) is 34.9 Å². The Morgan fingerprint density at radius 2 is 1.65 bits per heavy atom. The largest absolute Gasteiger partial charge is 0.416 e. The predicted octanol–water partition coefficient (Wildman–Crippen LogP) is 3.95. The number of amides is 1. The molecule has 1 saturated heterocycles. The fraction of sp³-hybridized carbons (Fsp3) is 0.938. The Hall–Kier alpha value is -0.353. The number of carbonyl (C=O) groups excluding carboxylic acids is 1. The lowest BCUT2D eigenvalue weighted by Gasteiger charge is -2.44. The number of rotatable bonds is 6. The van der Waals surface area contributed by atoms with Crippen molar-refractivity contribution in [3.63, 3.8) is 0 Å². The summed E-state index contributed by atoms with van der Waals surface area (Å²) in [5, 5.41) is 2.98. The van der Waals surface area contributed by atoms with Gasteiger partial charge in [0.1, 0.15) is 0 Å². The first kappa shape index (κ1) is 17.7. The smallest absolute Gasteiger partial charge is 0.220 e. The highest BCUT2D eigenvalue weighted by molar-refractivity contribution is 6.77. The highest BCUT2D eigenvalue weighted by atomic mass is 28.4. The molecule has 1 heterocycles. The Labute approximate surface area is 126 Å². The average Bonchev–Trinajstić information content (AvgIpc) is 2.30. The summed E-state index contributed by atoms with van der Waals surface area (Å²) < 4.78 is 6.65. The maximum absolute atomic E-state index is 11.4. The number of hydrogen-bond donors (Lipinski definition) is 1. The molecule has 1 rings (SSSR count). The van der Waals surface area contributed by atoms with Crippen LogP contribution in [0.5, 0.6) is 0 Å². The number of carbonyl (C=O) groups is 1. The van der Waals surface area contributed by atoms with Crippen molar-refractivity contribution >= 4 is 14.2 Å². The number of piperidine rings is 1. The molecule has 2 atom stereocenters. The fourth-order valence-corrected chi connectivity index (χ4v) is 9.45. The minimum absolute atomic E-state index is 0.189. The summed E-state index contributed by atoms with van der Waals surface area (Å²) in [4.78, 5) is 11.4. The first-order valence-electron chi connectivity index (χ1n) is 8.12. The van der Waals surface area contributed by atoms with E-state index in [2.05, 4.69) is 53.8 Å². The zero-order valence-electron chi connectivity index (χ0n) is 14.3. The summed E-state index contributed by atoms with van der Waals surface area (Å²) in [7, 11) is -1.77. The van der Waals surface area contributed by atoms with Gasteiger partial charge in [0.2, 0.25) is 5.91 Å². The molecule has 0 saturated carbocycles. The highest BCUT2D eigenvalue weighted by Gasteiger charge is 2.45. The summed E-state index contributed by atoms with van der Waals surface area (Å²) in [5.74, 6) is 1.09. The van der Waals surface area contributed by atoms with Crippen LogP contribution < -0.4 is 5.32 Å². The summed E-state index contributed by atoms with van der Waals surface area (Å²) in [5.41, 5.74) is 1.86. The molecule has 1 amide bonds. The maximum atomic E-state index is 11.4. The first-order chi connectivity index (χ1) is 9.21. The molecule has 3 nitrogen and oxygen atoms in total. The molecule has 20 heavy (non-hydrogen) atoms. The van der Waals surface area contributed by atoms with Gasteiger partial charge in [-0.05, 0) is 22.5 Å². The summed E-state index contributed by atoms with van der Waals surface area (Å²) >= 11 is 0. The standard InChI is InChI=1S/C16H33NO2Si/c1-11(2)20(12(3)4,13(5)6)19-10-15-9-17-16(18)8-14(15)7/h11-15H,8-10H2,1-7H3,(H,17,18)/t14-,15?/m1/s1. The molecule has 0 aromatic rings. The molecule has 1 fully saturated rings. The van der Waals surface area contributed by atoms with E-state index >= 15 is 0 Å². The number of hydrogen-bond acceptors (Lipinski definition) is 2. The van der Waals surface area contributed by atoms with Gasteiger partial charge in [-0.2, -0.15) is 0 Å². The van der Waals surface area contributed by atoms with Crippen molar-refractivity contribution in [2.75, 3.05) is 13.2 Å². The third-order valence-electron chi connectivity index (χ3n) is 5.13. The van der Waals surface area contributed by atoms with Crippen LogP contribution in [-0.2, 0) is 9.22 Å². The van der Waals surface area contributed by atoms with Gasteiger partial charge in [0.25, 0.3) is 0 Å². The molecule has 0 aliphatic carbocycles. The van der Waals surface area contributed by atoms with Crippen molar-refractivity contribution in [2.45, 2.75) is 71.5 Å². The van der Waals surface area contributed by atoms with Crippen molar-refractivity contribution in [1.29, 1.82) is 0 Å². The fourth-order valence-electron chi connectivity index (χ4n) is 3.95. The minimum atomic E-state index is -1.77. The van der Waals surface area contributed by atoms with E-state index in [1.54, 1.807) is 0 Å². The molecule has 0 bridgehead atoms. The molecule has 1 aliphatic heterocycles. The van der Waals surface area contributed by atoms with Crippen LogP contribution in [0.3, 0.4) is 0 Å². The monoisotopic (exact) mass is 299 g/mol. The predicted molar refractivity (Wildman–Crippen MR) is 87.3 cm³/mol. The van der Waals surface area contributed by atoms with Gasteiger partial charge in [-0.1, -0.05) is 48.5 Å². The van der Waals surface area contributed by atoms with Crippen LogP contribution >= 0.6 is 0 Å². The SMILES string of the molecule is CC(C)[Si](OCC1CNC(=O)C[C@H]1C)(C(C)C)C(C)C. The van der Waals surface area contributed by atoms with Crippen LogP contribution in [0.15, 0.2) is 0 Å². The van der Waals surface area contributed by atoms with E-state index < -0.39 is 8.32 Å². The topological polar surface area (TPSA) is 38.3 Å². The van der Waals surface area contributed by atoms with Gasteiger partial charge in [0.05, 0.1) is 0 Å². The summed E-state index contributed by atoms with van der Waals surface area (Å²) in [6, 6.07) is 0. The van der Waals surface area contributed by atoms with Crippen LogP contribution in [0.2, 0.25) is 16.6 Å². The average molecular weight is 300 g/mol. The van der Waals surface area contributed by atoms with E-state index in [0.717, 1.165) is 13.2 Å². The quantitative estimate of drug-likeness (QED) is 0.754. The third-order valence-corrected chi connectivity index (χ3v) is 11.2. The van der Waals surface area contributed by atoms with Gasteiger partial charge in [-0.15, -0.1) is 0 Å². The highest BCUT2D eigenvalue weighted by Crippen LogP contribution is 2.42. The van der Waals surface area contributed by atoms with E-state index in [-0.39, 0.29) is 5.91 Å². The zero-order chi connectivity index (χ0) is 15.5. The molecule has 4 heteroatoms. The maximum Gasteiger partial charge on any atom is 0.220 e. The van der Waals surface area contributed by atoms with Crippen molar-refractivity contribution in [3.8, 4) is 0 Å². The second-order valence-electron chi connectivity index (χ2n) is 7.37. The van der Waals surface area contributed by atoms with Crippen molar-refractivity contribution in [2.24, 2.45) is 11.8 Å². The van der Waals surface area contributed by atoms with Gasteiger partial charge < -0.3 is 9.74 Å². The van der Waals surface area contributed by atoms with Crippen LogP contribution in [0, 0.1) is 11.8 Å². The molecule has 1 aliphatic rings. The lowest BCUT2D eigenvalue weighted by Crippen LogP contribution is -2.50. The Kier molecular flexibility index (Phi) is 6.26. The van der Waals surface area contributed by atoms with Gasteiger partial charge in [0, 0.05) is 25.5 Å². The molecule has 1 N–H and O–H groups in total. The van der Waals surface area contributed by atoms with E-state index in [1.165, 1.54) is 0 Å². The molecule has 1 unspecified atom stereocenters. The van der Waals surface area contributed by atoms with Gasteiger partial charge in [-0.25, -0.2) is 0 Å². The van der Waals surface area contributed by atoms with Crippen molar-refractivity contribution in [1.82, 2.24) is 5.32 Å². The summed E-state index contributed by atoms with van der Waals surface area (Å²) in [6.45, 7) is 17.7. The Morgan fingerprint density at radius 1 is 1.15 bits per heavy atom. The molecule has 118 valence electrons. The van der Waals surface area contributed by atoms with Crippen LogP contribution in [0.4, 0.5) is 0 Å². The zero-order valence-corrected chi connectivity index (χ0v) is 15.3. The van der Waals surface area contributed by atoms with Crippen LogP contribution in [-0.4, -0.2) is 27.4 Å². The lowest BCUT2D eigenvalue weighted by molar-refractivity contribution is -0.124. The van der Waals surface area contributed by atoms with Crippen LogP contribution in [0.25, 0.3) is 0 Å². The Morgan fingerprint density at radius 3 is 2.05 bits per heavy atom. The molecule has 0 spiro atoms. The first-order valence-corrected chi connectivity index (χ1v) is 10.3. The van der Waals surface area contributed by atoms with Gasteiger partial charge in [0.15, 0.2) is 8.32 Å². The molecule has 0 aromatic heterocycles. The molecule has 0 aromatic carbocycles. The van der Waals surface area contributed by atoms with Crippen LogP contribution in [0.1, 0.15) is 54.9 Å². The second kappa shape index (κ2) is 7.08. The third kappa shape index (κ3) is 3.64. The minimum Gasteiger partial charge on any atom is -0.416 e. The lowest BCUT2D eigenvalue weighted by atomic mass is 9.88. The van der Waals surface area contributed by atoms with Gasteiger partial charge in [-0.3, -0.25) is 4.79 Å².